The highest BCUT2D eigenvalue weighted by Crippen LogP contribution is 2.15. The quantitative estimate of drug-likeness (QED) is 0.768. The van der Waals surface area contributed by atoms with Crippen LogP contribution in [0.1, 0.15) is 31.3 Å². The number of rotatable bonds is 2. The Labute approximate surface area is 112 Å². The molecule has 0 radical (unpaired) electrons. The predicted molar refractivity (Wildman–Crippen MR) is 70.2 cm³/mol. The van der Waals surface area contributed by atoms with Crippen LogP contribution in [0.15, 0.2) is 18.2 Å². The van der Waals surface area contributed by atoms with E-state index in [9.17, 15) is 9.59 Å². The molecule has 0 spiro atoms. The van der Waals surface area contributed by atoms with E-state index >= 15 is 0 Å². The number of carbonyl (C=O) groups is 2. The van der Waals surface area contributed by atoms with Crippen LogP contribution in [0.3, 0.4) is 0 Å². The summed E-state index contributed by atoms with van der Waals surface area (Å²) < 4.78 is 9.79. The molecule has 0 saturated carbocycles. The number of methoxy groups -OCH3 is 1. The Morgan fingerprint density at radius 1 is 1.26 bits per heavy atom. The van der Waals surface area contributed by atoms with E-state index in [1.54, 1.807) is 32.9 Å². The van der Waals surface area contributed by atoms with Gasteiger partial charge in [-0.15, -0.1) is 0 Å². The average molecular weight is 266 g/mol. The number of esters is 1. The number of ether oxygens (including phenoxy) is 2. The van der Waals surface area contributed by atoms with E-state index in [1.807, 2.05) is 0 Å². The molecule has 6 nitrogen and oxygen atoms in total. The van der Waals surface area contributed by atoms with Crippen molar-refractivity contribution < 1.29 is 19.1 Å². The summed E-state index contributed by atoms with van der Waals surface area (Å²) in [6.45, 7) is 5.32. The van der Waals surface area contributed by atoms with Crippen LogP contribution in [0.4, 0.5) is 10.6 Å². The van der Waals surface area contributed by atoms with Gasteiger partial charge in [-0.05, 0) is 32.9 Å². The Morgan fingerprint density at radius 3 is 2.42 bits per heavy atom. The van der Waals surface area contributed by atoms with Crippen LogP contribution in [0.5, 0.6) is 0 Å². The molecule has 1 rings (SSSR count). The minimum absolute atomic E-state index is 0.135. The van der Waals surface area contributed by atoms with Crippen molar-refractivity contribution in [2.45, 2.75) is 26.4 Å². The molecule has 0 bridgehead atoms. The number of nitrogens with zero attached hydrogens (tertiary/aromatic N) is 2. The molecule has 0 saturated heterocycles. The SMILES string of the molecule is COC(=O)c1cccc(N(C)C(=O)OC(C)(C)C)n1. The van der Waals surface area contributed by atoms with Gasteiger partial charge in [0.15, 0.2) is 5.69 Å². The van der Waals surface area contributed by atoms with E-state index in [0.29, 0.717) is 5.82 Å². The van der Waals surface area contributed by atoms with E-state index in [1.165, 1.54) is 25.1 Å². The fourth-order valence-corrected chi connectivity index (χ4v) is 1.25. The van der Waals surface area contributed by atoms with Crippen LogP contribution >= 0.6 is 0 Å². The first-order valence-electron chi connectivity index (χ1n) is 5.76. The molecule has 0 aromatic carbocycles. The van der Waals surface area contributed by atoms with Crippen molar-refractivity contribution >= 4 is 17.9 Å². The third-order valence-electron chi connectivity index (χ3n) is 2.14. The second-order valence-corrected chi connectivity index (χ2v) is 4.91. The van der Waals surface area contributed by atoms with Gasteiger partial charge in [-0.1, -0.05) is 6.07 Å². The lowest BCUT2D eigenvalue weighted by atomic mass is 10.2. The van der Waals surface area contributed by atoms with Gasteiger partial charge in [0.25, 0.3) is 0 Å². The zero-order valence-corrected chi connectivity index (χ0v) is 11.8. The molecule has 0 atom stereocenters. The maximum absolute atomic E-state index is 11.9. The van der Waals surface area contributed by atoms with Crippen LogP contribution in [0, 0.1) is 0 Å². The van der Waals surface area contributed by atoms with Gasteiger partial charge in [0.05, 0.1) is 7.11 Å². The van der Waals surface area contributed by atoms with Crippen LogP contribution in [-0.2, 0) is 9.47 Å². The van der Waals surface area contributed by atoms with Gasteiger partial charge >= 0.3 is 12.1 Å². The lowest BCUT2D eigenvalue weighted by Gasteiger charge is -2.24. The van der Waals surface area contributed by atoms with Gasteiger partial charge in [-0.25, -0.2) is 14.6 Å². The third-order valence-corrected chi connectivity index (χ3v) is 2.14. The predicted octanol–water partition coefficient (Wildman–Crippen LogP) is 2.24. The Balaban J connectivity index is 2.91. The van der Waals surface area contributed by atoms with Gasteiger partial charge in [0.2, 0.25) is 0 Å². The number of amides is 1. The minimum Gasteiger partial charge on any atom is -0.464 e. The molecule has 0 aliphatic carbocycles. The van der Waals surface area contributed by atoms with Crippen molar-refractivity contribution in [2.24, 2.45) is 0 Å². The molecule has 104 valence electrons. The smallest absolute Gasteiger partial charge is 0.415 e. The number of hydrogen-bond donors (Lipinski definition) is 0. The number of anilines is 1. The van der Waals surface area contributed by atoms with Crippen molar-refractivity contribution in [3.8, 4) is 0 Å². The second kappa shape index (κ2) is 5.69. The summed E-state index contributed by atoms with van der Waals surface area (Å²) in [4.78, 5) is 28.5. The molecular formula is C13H18N2O4. The van der Waals surface area contributed by atoms with Crippen LogP contribution in [0.25, 0.3) is 0 Å². The van der Waals surface area contributed by atoms with E-state index in [-0.39, 0.29) is 5.69 Å². The summed E-state index contributed by atoms with van der Waals surface area (Å²) in [5.41, 5.74) is -0.457. The molecule has 6 heteroatoms. The Hall–Kier alpha value is -2.11. The molecule has 1 amide bonds. The third kappa shape index (κ3) is 4.24. The summed E-state index contributed by atoms with van der Waals surface area (Å²) in [7, 11) is 2.80. The standard InChI is InChI=1S/C13H18N2O4/c1-13(2,3)19-12(17)15(4)10-8-6-7-9(14-10)11(16)18-5/h6-8H,1-5H3. The lowest BCUT2D eigenvalue weighted by molar-refractivity contribution is 0.0574. The first kappa shape index (κ1) is 14.9. The molecule has 19 heavy (non-hydrogen) atoms. The Bertz CT molecular complexity index is 480. The number of hydrogen-bond acceptors (Lipinski definition) is 5. The van der Waals surface area contributed by atoms with E-state index in [0.717, 1.165) is 0 Å². The lowest BCUT2D eigenvalue weighted by Crippen LogP contribution is -2.34. The number of pyridine rings is 1. The van der Waals surface area contributed by atoms with Gasteiger partial charge in [-0.2, -0.15) is 0 Å². The van der Waals surface area contributed by atoms with E-state index in [4.69, 9.17) is 4.74 Å². The topological polar surface area (TPSA) is 68.7 Å². The summed E-state index contributed by atoms with van der Waals surface area (Å²) >= 11 is 0. The number of aromatic nitrogens is 1. The van der Waals surface area contributed by atoms with Crippen molar-refractivity contribution in [3.63, 3.8) is 0 Å². The average Bonchev–Trinajstić information content (AvgIpc) is 2.35. The molecule has 1 aromatic heterocycles. The van der Waals surface area contributed by atoms with Crippen molar-refractivity contribution in [2.75, 3.05) is 19.1 Å². The molecule has 0 N–H and O–H groups in total. The highest BCUT2D eigenvalue weighted by atomic mass is 16.6. The highest BCUT2D eigenvalue weighted by molar-refractivity contribution is 5.90. The maximum Gasteiger partial charge on any atom is 0.415 e. The fraction of sp³-hybridized carbons (Fsp3) is 0.462. The van der Waals surface area contributed by atoms with Crippen LogP contribution in [0.2, 0.25) is 0 Å². The second-order valence-electron chi connectivity index (χ2n) is 4.91. The van der Waals surface area contributed by atoms with Crippen molar-refractivity contribution in [1.82, 2.24) is 4.98 Å². The minimum atomic E-state index is -0.592. The van der Waals surface area contributed by atoms with E-state index < -0.39 is 17.7 Å². The normalized spacial score (nSPS) is 10.8. The summed E-state index contributed by atoms with van der Waals surface area (Å²) in [5.74, 6) is -0.239. The zero-order chi connectivity index (χ0) is 14.6. The van der Waals surface area contributed by atoms with Gasteiger partial charge in [0, 0.05) is 7.05 Å². The van der Waals surface area contributed by atoms with Crippen LogP contribution < -0.4 is 4.90 Å². The zero-order valence-electron chi connectivity index (χ0n) is 11.8. The summed E-state index contributed by atoms with van der Waals surface area (Å²) in [6.07, 6.45) is -0.540. The van der Waals surface area contributed by atoms with Crippen molar-refractivity contribution in [3.05, 3.63) is 23.9 Å². The molecule has 1 heterocycles. The summed E-state index contributed by atoms with van der Waals surface area (Å²) in [6, 6.07) is 4.74. The van der Waals surface area contributed by atoms with E-state index in [2.05, 4.69) is 9.72 Å². The Kier molecular flexibility index (Phi) is 4.47. The highest BCUT2D eigenvalue weighted by Gasteiger charge is 2.21. The van der Waals surface area contributed by atoms with Gasteiger partial charge in [0.1, 0.15) is 11.4 Å². The molecule has 1 aromatic rings. The molecule has 0 aliphatic heterocycles. The largest absolute Gasteiger partial charge is 0.464 e. The van der Waals surface area contributed by atoms with Crippen LogP contribution in [-0.4, -0.2) is 36.8 Å². The molecule has 0 fully saturated rings. The van der Waals surface area contributed by atoms with Crippen molar-refractivity contribution in [1.29, 1.82) is 0 Å². The molecular weight excluding hydrogens is 248 g/mol. The molecule has 0 unspecified atom stereocenters. The summed E-state index contributed by atoms with van der Waals surface area (Å²) in [5, 5.41) is 0. The maximum atomic E-state index is 11.9. The first-order valence-corrected chi connectivity index (χ1v) is 5.76. The number of carbonyl (C=O) groups excluding carboxylic acids is 2. The molecule has 0 aliphatic rings. The van der Waals surface area contributed by atoms with Gasteiger partial charge in [-0.3, -0.25) is 4.90 Å². The monoisotopic (exact) mass is 266 g/mol. The van der Waals surface area contributed by atoms with Gasteiger partial charge < -0.3 is 9.47 Å². The fourth-order valence-electron chi connectivity index (χ4n) is 1.25. The Morgan fingerprint density at radius 2 is 1.89 bits per heavy atom. The first-order chi connectivity index (χ1) is 8.74.